The van der Waals surface area contributed by atoms with E-state index in [2.05, 4.69) is 33.1 Å². The Kier molecular flexibility index (Phi) is 6.50. The van der Waals surface area contributed by atoms with Crippen molar-refractivity contribution in [3.63, 3.8) is 0 Å². The normalized spacial score (nSPS) is 29.3. The molecule has 102 valence electrons. The quantitative estimate of drug-likeness (QED) is 0.548. The van der Waals surface area contributed by atoms with E-state index in [9.17, 15) is 0 Å². The maximum absolute atomic E-state index is 5.75. The fourth-order valence-corrected chi connectivity index (χ4v) is 3.21. The standard InChI is InChI=1S/C15H32N2/c1-5-12(4)10-15(17-16)14-8-6-13(7-9-14)11(2)3/h11-15,17H,5-10,16H2,1-4H3. The number of nitrogens with two attached hydrogens (primary N) is 1. The molecule has 2 atom stereocenters. The van der Waals surface area contributed by atoms with Crippen molar-refractivity contribution in [3.8, 4) is 0 Å². The molecule has 1 aliphatic carbocycles. The van der Waals surface area contributed by atoms with Crippen molar-refractivity contribution in [3.05, 3.63) is 0 Å². The van der Waals surface area contributed by atoms with Crippen molar-refractivity contribution in [1.82, 2.24) is 5.43 Å². The Morgan fingerprint density at radius 1 is 1.06 bits per heavy atom. The van der Waals surface area contributed by atoms with Crippen molar-refractivity contribution in [2.24, 2.45) is 29.5 Å². The van der Waals surface area contributed by atoms with E-state index in [1.165, 1.54) is 38.5 Å². The van der Waals surface area contributed by atoms with Gasteiger partial charge in [0.05, 0.1) is 0 Å². The second kappa shape index (κ2) is 7.38. The molecule has 0 saturated heterocycles. The predicted molar refractivity (Wildman–Crippen MR) is 75.5 cm³/mol. The van der Waals surface area contributed by atoms with E-state index in [1.807, 2.05) is 0 Å². The van der Waals surface area contributed by atoms with Crippen molar-refractivity contribution < 1.29 is 0 Å². The molecule has 0 amide bonds. The minimum atomic E-state index is 0.540. The molecule has 2 heteroatoms. The second-order valence-electron chi connectivity index (χ2n) is 6.44. The van der Waals surface area contributed by atoms with Crippen LogP contribution in [0.25, 0.3) is 0 Å². The van der Waals surface area contributed by atoms with Gasteiger partial charge in [-0.05, 0) is 55.8 Å². The van der Waals surface area contributed by atoms with Crippen LogP contribution in [0.5, 0.6) is 0 Å². The van der Waals surface area contributed by atoms with Crippen LogP contribution in [0.3, 0.4) is 0 Å². The fraction of sp³-hybridized carbons (Fsp3) is 1.00. The third kappa shape index (κ3) is 4.59. The average Bonchev–Trinajstić information content (AvgIpc) is 2.35. The van der Waals surface area contributed by atoms with Gasteiger partial charge in [0.25, 0.3) is 0 Å². The zero-order valence-corrected chi connectivity index (χ0v) is 12.2. The third-order valence-electron chi connectivity index (χ3n) is 4.90. The van der Waals surface area contributed by atoms with E-state index in [-0.39, 0.29) is 0 Å². The molecule has 0 heterocycles. The Labute approximate surface area is 108 Å². The first-order valence-electron chi connectivity index (χ1n) is 7.54. The van der Waals surface area contributed by atoms with Crippen molar-refractivity contribution in [1.29, 1.82) is 0 Å². The summed E-state index contributed by atoms with van der Waals surface area (Å²) in [6.45, 7) is 9.34. The summed E-state index contributed by atoms with van der Waals surface area (Å²) in [5, 5.41) is 0. The van der Waals surface area contributed by atoms with E-state index >= 15 is 0 Å². The number of hydrogen-bond donors (Lipinski definition) is 2. The molecule has 17 heavy (non-hydrogen) atoms. The minimum Gasteiger partial charge on any atom is -0.271 e. The molecular formula is C15H32N2. The summed E-state index contributed by atoms with van der Waals surface area (Å²) in [6.07, 6.45) is 8.05. The van der Waals surface area contributed by atoms with Gasteiger partial charge in [-0.15, -0.1) is 0 Å². The summed E-state index contributed by atoms with van der Waals surface area (Å²) < 4.78 is 0. The predicted octanol–water partition coefficient (Wildman–Crippen LogP) is 3.72. The number of hydrazine groups is 1. The molecule has 0 aromatic rings. The van der Waals surface area contributed by atoms with Gasteiger partial charge in [-0.1, -0.05) is 34.1 Å². The molecule has 0 radical (unpaired) electrons. The van der Waals surface area contributed by atoms with Crippen LogP contribution in [0, 0.1) is 23.7 Å². The minimum absolute atomic E-state index is 0.540. The van der Waals surface area contributed by atoms with Crippen LogP contribution in [0.2, 0.25) is 0 Å². The summed E-state index contributed by atoms with van der Waals surface area (Å²) in [6, 6.07) is 0.540. The van der Waals surface area contributed by atoms with Gasteiger partial charge in [-0.3, -0.25) is 11.3 Å². The molecular weight excluding hydrogens is 208 g/mol. The van der Waals surface area contributed by atoms with E-state index in [0.29, 0.717) is 6.04 Å². The Balaban J connectivity index is 2.39. The van der Waals surface area contributed by atoms with Gasteiger partial charge in [0, 0.05) is 6.04 Å². The van der Waals surface area contributed by atoms with Gasteiger partial charge in [0.1, 0.15) is 0 Å². The van der Waals surface area contributed by atoms with Crippen LogP contribution in [-0.2, 0) is 0 Å². The van der Waals surface area contributed by atoms with Gasteiger partial charge in [0.15, 0.2) is 0 Å². The van der Waals surface area contributed by atoms with Gasteiger partial charge >= 0.3 is 0 Å². The van der Waals surface area contributed by atoms with Crippen molar-refractivity contribution in [2.45, 2.75) is 72.3 Å². The molecule has 0 aliphatic heterocycles. The van der Waals surface area contributed by atoms with Crippen LogP contribution in [0.4, 0.5) is 0 Å². The Morgan fingerprint density at radius 2 is 1.59 bits per heavy atom. The second-order valence-corrected chi connectivity index (χ2v) is 6.44. The van der Waals surface area contributed by atoms with Gasteiger partial charge in [0.2, 0.25) is 0 Å². The largest absolute Gasteiger partial charge is 0.271 e. The van der Waals surface area contributed by atoms with Crippen molar-refractivity contribution >= 4 is 0 Å². The highest BCUT2D eigenvalue weighted by Crippen LogP contribution is 2.36. The molecule has 0 bridgehead atoms. The fourth-order valence-electron chi connectivity index (χ4n) is 3.21. The number of rotatable bonds is 6. The highest BCUT2D eigenvalue weighted by molar-refractivity contribution is 4.82. The molecule has 0 aromatic heterocycles. The molecule has 1 fully saturated rings. The monoisotopic (exact) mass is 240 g/mol. The first kappa shape index (κ1) is 15.0. The molecule has 1 rings (SSSR count). The van der Waals surface area contributed by atoms with Crippen LogP contribution >= 0.6 is 0 Å². The summed E-state index contributed by atoms with van der Waals surface area (Å²) in [5.41, 5.74) is 3.08. The summed E-state index contributed by atoms with van der Waals surface area (Å²) in [7, 11) is 0. The first-order chi connectivity index (χ1) is 8.08. The lowest BCUT2D eigenvalue weighted by atomic mass is 9.73. The van der Waals surface area contributed by atoms with E-state index in [0.717, 1.165) is 23.7 Å². The van der Waals surface area contributed by atoms with E-state index < -0.39 is 0 Å². The molecule has 3 N–H and O–H groups in total. The molecule has 0 aromatic carbocycles. The molecule has 1 aliphatic rings. The third-order valence-corrected chi connectivity index (χ3v) is 4.90. The van der Waals surface area contributed by atoms with Crippen LogP contribution in [0.15, 0.2) is 0 Å². The smallest absolute Gasteiger partial charge is 0.0241 e. The highest BCUT2D eigenvalue weighted by Gasteiger charge is 2.28. The van der Waals surface area contributed by atoms with Gasteiger partial charge < -0.3 is 0 Å². The van der Waals surface area contributed by atoms with Crippen LogP contribution in [-0.4, -0.2) is 6.04 Å². The zero-order chi connectivity index (χ0) is 12.8. The maximum atomic E-state index is 5.75. The summed E-state index contributed by atoms with van der Waals surface area (Å²) in [5.74, 6) is 9.16. The molecule has 2 nitrogen and oxygen atoms in total. The lowest BCUT2D eigenvalue weighted by molar-refractivity contribution is 0.175. The summed E-state index contributed by atoms with van der Waals surface area (Å²) in [4.78, 5) is 0. The lowest BCUT2D eigenvalue weighted by Crippen LogP contribution is -2.43. The Morgan fingerprint density at radius 3 is 2.00 bits per heavy atom. The molecule has 2 unspecified atom stereocenters. The van der Waals surface area contributed by atoms with Gasteiger partial charge in [-0.25, -0.2) is 0 Å². The highest BCUT2D eigenvalue weighted by atomic mass is 15.2. The topological polar surface area (TPSA) is 38.0 Å². The molecule has 0 spiro atoms. The number of hydrogen-bond acceptors (Lipinski definition) is 2. The van der Waals surface area contributed by atoms with Crippen LogP contribution < -0.4 is 11.3 Å². The van der Waals surface area contributed by atoms with E-state index in [4.69, 9.17) is 5.84 Å². The Bertz CT molecular complexity index is 195. The van der Waals surface area contributed by atoms with Crippen LogP contribution in [0.1, 0.15) is 66.2 Å². The summed E-state index contributed by atoms with van der Waals surface area (Å²) >= 11 is 0. The lowest BCUT2D eigenvalue weighted by Gasteiger charge is -2.36. The maximum Gasteiger partial charge on any atom is 0.0241 e. The van der Waals surface area contributed by atoms with Gasteiger partial charge in [-0.2, -0.15) is 0 Å². The molecule has 1 saturated carbocycles. The SMILES string of the molecule is CCC(C)CC(NN)C1CCC(C(C)C)CC1. The van der Waals surface area contributed by atoms with E-state index in [1.54, 1.807) is 0 Å². The van der Waals surface area contributed by atoms with Crippen molar-refractivity contribution in [2.75, 3.05) is 0 Å². The number of nitrogens with one attached hydrogen (secondary N) is 1. The first-order valence-corrected chi connectivity index (χ1v) is 7.54. The average molecular weight is 240 g/mol. The zero-order valence-electron chi connectivity index (χ0n) is 12.2. The Hall–Kier alpha value is -0.0800.